The van der Waals surface area contributed by atoms with Crippen LogP contribution in [0.1, 0.15) is 23.1 Å². The molecule has 0 aromatic carbocycles. The van der Waals surface area contributed by atoms with Crippen LogP contribution in [0.4, 0.5) is 5.13 Å². The summed E-state index contributed by atoms with van der Waals surface area (Å²) in [6.07, 6.45) is 0. The molecule has 0 fully saturated rings. The first kappa shape index (κ1) is 14.4. The van der Waals surface area contributed by atoms with E-state index in [1.54, 1.807) is 5.38 Å². The number of nitrogens with two attached hydrogens (primary N) is 1. The van der Waals surface area contributed by atoms with Gasteiger partial charge in [0.1, 0.15) is 6.04 Å². The van der Waals surface area contributed by atoms with Gasteiger partial charge in [0.25, 0.3) is 0 Å². The van der Waals surface area contributed by atoms with Crippen LogP contribution in [0, 0.1) is 6.92 Å². The largest absolute Gasteiger partial charge is 0.480 e. The molecule has 0 aliphatic rings. The summed E-state index contributed by atoms with van der Waals surface area (Å²) in [7, 11) is 1.89. The predicted octanol–water partition coefficient (Wildman–Crippen LogP) is 1.57. The van der Waals surface area contributed by atoms with Crippen molar-refractivity contribution in [1.82, 2.24) is 9.97 Å². The highest BCUT2D eigenvalue weighted by molar-refractivity contribution is 7.13. The molecule has 6 nitrogen and oxygen atoms in total. The Morgan fingerprint density at radius 3 is 2.90 bits per heavy atom. The minimum atomic E-state index is -1.08. The summed E-state index contributed by atoms with van der Waals surface area (Å²) in [6, 6.07) is 4.77. The molecule has 0 radical (unpaired) electrons. The molecule has 106 valence electrons. The van der Waals surface area contributed by atoms with Crippen molar-refractivity contribution in [1.29, 1.82) is 0 Å². The highest BCUT2D eigenvalue weighted by atomic mass is 32.1. The average Bonchev–Trinajstić information content (AvgIpc) is 2.87. The number of carboxylic acid groups (broad SMARTS) is 1. The zero-order valence-corrected chi connectivity index (χ0v) is 12.1. The molecular formula is C13H16N4O2S. The standard InChI is InChI=1S/C13H16N4O2S/c1-8-4-3-5-9(15-8)6-17(2)13-16-10(7-20-13)11(14)12(18)19/h3-5,7,11H,6,14H2,1-2H3,(H,18,19). The topological polar surface area (TPSA) is 92.3 Å². The highest BCUT2D eigenvalue weighted by Crippen LogP contribution is 2.23. The van der Waals surface area contributed by atoms with Gasteiger partial charge in [-0.25, -0.2) is 4.98 Å². The number of hydrogen-bond acceptors (Lipinski definition) is 6. The molecular weight excluding hydrogens is 276 g/mol. The fraction of sp³-hybridized carbons (Fsp3) is 0.308. The van der Waals surface area contributed by atoms with Gasteiger partial charge >= 0.3 is 5.97 Å². The second-order valence-corrected chi connectivity index (χ2v) is 5.33. The molecule has 0 spiro atoms. The molecule has 0 saturated heterocycles. The molecule has 0 aliphatic carbocycles. The van der Waals surface area contributed by atoms with Gasteiger partial charge in [0, 0.05) is 18.1 Å². The van der Waals surface area contributed by atoms with Crippen molar-refractivity contribution in [3.63, 3.8) is 0 Å². The normalized spacial score (nSPS) is 12.2. The molecule has 2 rings (SSSR count). The first-order valence-corrected chi connectivity index (χ1v) is 6.93. The number of nitrogens with zero attached hydrogens (tertiary/aromatic N) is 3. The van der Waals surface area contributed by atoms with Crippen molar-refractivity contribution >= 4 is 22.4 Å². The Labute approximate surface area is 120 Å². The van der Waals surface area contributed by atoms with Crippen molar-refractivity contribution in [3.8, 4) is 0 Å². The molecule has 2 heterocycles. The van der Waals surface area contributed by atoms with Crippen LogP contribution in [0.15, 0.2) is 23.6 Å². The molecule has 2 aromatic heterocycles. The number of aliphatic carboxylic acids is 1. The third-order valence-electron chi connectivity index (χ3n) is 2.77. The number of hydrogen-bond donors (Lipinski definition) is 2. The van der Waals surface area contributed by atoms with Gasteiger partial charge in [-0.3, -0.25) is 9.78 Å². The lowest BCUT2D eigenvalue weighted by Crippen LogP contribution is -2.22. The van der Waals surface area contributed by atoms with Crippen LogP contribution in [0.3, 0.4) is 0 Å². The van der Waals surface area contributed by atoms with Gasteiger partial charge in [0.2, 0.25) is 0 Å². The maximum atomic E-state index is 10.8. The first-order chi connectivity index (χ1) is 9.47. The van der Waals surface area contributed by atoms with E-state index in [2.05, 4.69) is 9.97 Å². The number of pyridine rings is 1. The van der Waals surface area contributed by atoms with E-state index in [9.17, 15) is 4.79 Å². The number of aromatic nitrogens is 2. The number of carboxylic acids is 1. The van der Waals surface area contributed by atoms with Gasteiger partial charge in [0.15, 0.2) is 5.13 Å². The number of carbonyl (C=O) groups is 1. The maximum Gasteiger partial charge on any atom is 0.326 e. The van der Waals surface area contributed by atoms with Crippen LogP contribution in [0.5, 0.6) is 0 Å². The quantitative estimate of drug-likeness (QED) is 0.869. The van der Waals surface area contributed by atoms with Crippen molar-refractivity contribution in [2.45, 2.75) is 19.5 Å². The second kappa shape index (κ2) is 5.98. The fourth-order valence-corrected chi connectivity index (χ4v) is 2.55. The molecule has 7 heteroatoms. The van der Waals surface area contributed by atoms with Crippen LogP contribution >= 0.6 is 11.3 Å². The third-order valence-corrected chi connectivity index (χ3v) is 3.74. The molecule has 0 aliphatic heterocycles. The molecule has 1 unspecified atom stereocenters. The Morgan fingerprint density at radius 1 is 1.50 bits per heavy atom. The van der Waals surface area contributed by atoms with E-state index in [0.29, 0.717) is 12.2 Å². The van der Waals surface area contributed by atoms with Crippen molar-refractivity contribution in [3.05, 3.63) is 40.7 Å². The van der Waals surface area contributed by atoms with Crippen LogP contribution in [-0.4, -0.2) is 28.1 Å². The molecule has 0 bridgehead atoms. The number of rotatable bonds is 5. The average molecular weight is 292 g/mol. The van der Waals surface area contributed by atoms with Gasteiger partial charge in [-0.05, 0) is 19.1 Å². The number of thiazole rings is 1. The van der Waals surface area contributed by atoms with Gasteiger partial charge in [-0.15, -0.1) is 11.3 Å². The zero-order chi connectivity index (χ0) is 14.7. The van der Waals surface area contributed by atoms with Crippen molar-refractivity contribution in [2.75, 3.05) is 11.9 Å². The Morgan fingerprint density at radius 2 is 2.25 bits per heavy atom. The SMILES string of the molecule is Cc1cccc(CN(C)c2nc(C(N)C(=O)O)cs2)n1. The van der Waals surface area contributed by atoms with E-state index in [1.165, 1.54) is 11.3 Å². The fourth-order valence-electron chi connectivity index (χ4n) is 1.72. The minimum absolute atomic E-state index is 0.376. The zero-order valence-electron chi connectivity index (χ0n) is 11.3. The van der Waals surface area contributed by atoms with E-state index in [-0.39, 0.29) is 0 Å². The first-order valence-electron chi connectivity index (χ1n) is 6.05. The van der Waals surface area contributed by atoms with E-state index >= 15 is 0 Å². The van der Waals surface area contributed by atoms with Crippen LogP contribution < -0.4 is 10.6 Å². The summed E-state index contributed by atoms with van der Waals surface area (Å²) in [5.74, 6) is -1.08. The summed E-state index contributed by atoms with van der Waals surface area (Å²) in [6.45, 7) is 2.55. The van der Waals surface area contributed by atoms with Crippen molar-refractivity contribution in [2.24, 2.45) is 5.73 Å². The second-order valence-electron chi connectivity index (χ2n) is 4.50. The van der Waals surface area contributed by atoms with E-state index in [4.69, 9.17) is 10.8 Å². The monoisotopic (exact) mass is 292 g/mol. The number of aryl methyl sites for hydroxylation is 1. The molecule has 3 N–H and O–H groups in total. The third kappa shape index (κ3) is 3.31. The van der Waals surface area contributed by atoms with Crippen molar-refractivity contribution < 1.29 is 9.90 Å². The van der Waals surface area contributed by atoms with Gasteiger partial charge < -0.3 is 15.7 Å². The summed E-state index contributed by atoms with van der Waals surface area (Å²) in [4.78, 5) is 21.4. The Hall–Kier alpha value is -1.99. The smallest absolute Gasteiger partial charge is 0.326 e. The van der Waals surface area contributed by atoms with Gasteiger partial charge in [-0.2, -0.15) is 0 Å². The number of anilines is 1. The Bertz CT molecular complexity index is 614. The Kier molecular flexibility index (Phi) is 4.31. The summed E-state index contributed by atoms with van der Waals surface area (Å²) >= 11 is 1.37. The highest BCUT2D eigenvalue weighted by Gasteiger charge is 2.18. The summed E-state index contributed by atoms with van der Waals surface area (Å²) < 4.78 is 0. The Balaban J connectivity index is 2.10. The lowest BCUT2D eigenvalue weighted by Gasteiger charge is -2.15. The summed E-state index contributed by atoms with van der Waals surface area (Å²) in [5.41, 5.74) is 7.81. The maximum absolute atomic E-state index is 10.8. The van der Waals surface area contributed by atoms with E-state index in [1.807, 2.05) is 37.1 Å². The van der Waals surface area contributed by atoms with Gasteiger partial charge in [0.05, 0.1) is 17.9 Å². The predicted molar refractivity (Wildman–Crippen MR) is 77.8 cm³/mol. The van der Waals surface area contributed by atoms with Crippen LogP contribution in [0.25, 0.3) is 0 Å². The molecule has 0 amide bonds. The summed E-state index contributed by atoms with van der Waals surface area (Å²) in [5, 5.41) is 11.3. The van der Waals surface area contributed by atoms with Crippen LogP contribution in [0.2, 0.25) is 0 Å². The minimum Gasteiger partial charge on any atom is -0.480 e. The van der Waals surface area contributed by atoms with E-state index in [0.717, 1.165) is 16.5 Å². The lowest BCUT2D eigenvalue weighted by atomic mass is 10.2. The van der Waals surface area contributed by atoms with Crippen LogP contribution in [-0.2, 0) is 11.3 Å². The van der Waals surface area contributed by atoms with E-state index < -0.39 is 12.0 Å². The molecule has 0 saturated carbocycles. The molecule has 20 heavy (non-hydrogen) atoms. The van der Waals surface area contributed by atoms with Gasteiger partial charge in [-0.1, -0.05) is 6.07 Å². The lowest BCUT2D eigenvalue weighted by molar-refractivity contribution is -0.138. The molecule has 1 atom stereocenters. The molecule has 2 aromatic rings.